The van der Waals surface area contributed by atoms with Crippen molar-refractivity contribution < 1.29 is 19.1 Å². The average Bonchev–Trinajstić information content (AvgIpc) is 3.76. The fourth-order valence-electron chi connectivity index (χ4n) is 7.01. The maximum Gasteiger partial charge on any atom is 0.274 e. The van der Waals surface area contributed by atoms with E-state index >= 15 is 0 Å². The number of fused-ring (bicyclic) bond motifs is 3. The van der Waals surface area contributed by atoms with Crippen LogP contribution in [0.5, 0.6) is 11.5 Å². The summed E-state index contributed by atoms with van der Waals surface area (Å²) < 4.78 is 13.6. The van der Waals surface area contributed by atoms with Crippen molar-refractivity contribution in [1.29, 1.82) is 5.26 Å². The summed E-state index contributed by atoms with van der Waals surface area (Å²) in [4.78, 5) is 42.4. The van der Waals surface area contributed by atoms with E-state index in [2.05, 4.69) is 16.0 Å². The molecule has 2 fully saturated rings. The van der Waals surface area contributed by atoms with Gasteiger partial charge in [0.1, 0.15) is 5.82 Å². The Morgan fingerprint density at radius 3 is 2.59 bits per heavy atom. The molecule has 4 aromatic rings. The predicted octanol–water partition coefficient (Wildman–Crippen LogP) is 5.60. The van der Waals surface area contributed by atoms with Crippen LogP contribution in [0.1, 0.15) is 64.9 Å². The van der Waals surface area contributed by atoms with E-state index in [1.54, 1.807) is 25.3 Å². The first-order chi connectivity index (χ1) is 24.0. The highest BCUT2D eigenvalue weighted by Gasteiger charge is 2.32. The van der Waals surface area contributed by atoms with E-state index < -0.39 is 0 Å². The first-order valence-corrected chi connectivity index (χ1v) is 17.2. The number of imidazole rings is 1. The second kappa shape index (κ2) is 14.5. The molecule has 49 heavy (non-hydrogen) atoms. The lowest BCUT2D eigenvalue weighted by Gasteiger charge is -2.34. The van der Waals surface area contributed by atoms with E-state index in [9.17, 15) is 9.59 Å². The Hall–Kier alpha value is -5.21. The molecule has 2 saturated heterocycles. The minimum atomic E-state index is -0.0481. The minimum Gasteiger partial charge on any atom is -0.493 e. The highest BCUT2D eigenvalue weighted by atomic mass is 16.5. The van der Waals surface area contributed by atoms with E-state index in [0.29, 0.717) is 59.5 Å². The van der Waals surface area contributed by atoms with Crippen LogP contribution in [0.4, 0.5) is 5.69 Å². The summed E-state index contributed by atoms with van der Waals surface area (Å²) in [6.45, 7) is 5.34. The Balaban J connectivity index is 0.857. The molecule has 2 amide bonds. The number of aromatic nitrogens is 2. The topological polar surface area (TPSA) is 116 Å². The molecule has 0 saturated carbocycles. The van der Waals surface area contributed by atoms with Crippen LogP contribution >= 0.6 is 0 Å². The van der Waals surface area contributed by atoms with Gasteiger partial charge in [0.25, 0.3) is 11.8 Å². The molecule has 2 aromatic heterocycles. The molecule has 0 spiro atoms. The monoisotopic (exact) mass is 659 g/mol. The minimum absolute atomic E-state index is 0.00860. The van der Waals surface area contributed by atoms with E-state index in [-0.39, 0.29) is 17.9 Å². The fraction of sp³-hybridized carbons (Fsp3) is 0.395. The quantitative estimate of drug-likeness (QED) is 0.193. The number of methoxy groups -OCH3 is 1. The molecule has 7 rings (SSSR count). The summed E-state index contributed by atoms with van der Waals surface area (Å²) in [5.74, 6) is 1.83. The van der Waals surface area contributed by atoms with Gasteiger partial charge in [0, 0.05) is 56.8 Å². The number of benzene rings is 2. The largest absolute Gasteiger partial charge is 0.493 e. The van der Waals surface area contributed by atoms with Crippen molar-refractivity contribution in [3.63, 3.8) is 0 Å². The lowest BCUT2D eigenvalue weighted by molar-refractivity contribution is 0.0631. The smallest absolute Gasteiger partial charge is 0.274 e. The number of hydrogen-bond donors (Lipinski definition) is 0. The van der Waals surface area contributed by atoms with Crippen molar-refractivity contribution in [3.8, 4) is 29.0 Å². The van der Waals surface area contributed by atoms with Gasteiger partial charge in [0.05, 0.1) is 48.2 Å². The molecule has 0 radical (unpaired) electrons. The number of nitriles is 1. The first kappa shape index (κ1) is 32.3. The van der Waals surface area contributed by atoms with E-state index in [1.807, 2.05) is 63.0 Å². The maximum absolute atomic E-state index is 13.7. The zero-order valence-corrected chi connectivity index (χ0v) is 27.9. The molecule has 1 atom stereocenters. The zero-order valence-electron chi connectivity index (χ0n) is 27.9. The van der Waals surface area contributed by atoms with Crippen molar-refractivity contribution >= 4 is 29.2 Å². The number of unbranched alkanes of at least 4 members (excludes halogenated alkanes) is 3. The van der Waals surface area contributed by atoms with E-state index in [0.717, 1.165) is 75.8 Å². The Kier molecular flexibility index (Phi) is 9.57. The molecule has 0 N–H and O–H groups in total. The lowest BCUT2D eigenvalue weighted by Crippen LogP contribution is -2.49. The van der Waals surface area contributed by atoms with Crippen molar-refractivity contribution in [2.75, 3.05) is 53.0 Å². The molecule has 2 aromatic carbocycles. The van der Waals surface area contributed by atoms with Gasteiger partial charge in [-0.2, -0.15) is 5.26 Å². The van der Waals surface area contributed by atoms with Crippen LogP contribution in [0.3, 0.4) is 0 Å². The third kappa shape index (κ3) is 6.74. The molecular weight excluding hydrogens is 618 g/mol. The summed E-state index contributed by atoms with van der Waals surface area (Å²) >= 11 is 0. The highest BCUT2D eigenvalue weighted by molar-refractivity contribution is 6.03. The molecule has 0 unspecified atom stereocenters. The second-order valence-corrected chi connectivity index (χ2v) is 12.8. The average molecular weight is 660 g/mol. The Bertz CT molecular complexity index is 1900. The van der Waals surface area contributed by atoms with Crippen LogP contribution in [-0.2, 0) is 0 Å². The van der Waals surface area contributed by atoms with Crippen molar-refractivity contribution in [2.45, 2.75) is 44.6 Å². The normalized spacial score (nSPS) is 17.5. The standard InChI is InChI=1S/C38H41N7O4/c1-48-33-23-30-31(40-26-29-9-8-17-44(29)37(30)46)24-34(33)49-22-7-3-2-5-15-42-18-20-43(21-19-42)38(47)35-32-10-4-6-16-45(32)36(41-35)28-13-11-27(25-39)12-14-28/h4,6,10-14,16,23-24,26,29H,2-3,5,7-9,15,17-22H2,1H3/t29-/m0/s1. The lowest BCUT2D eigenvalue weighted by atomic mass is 10.1. The molecule has 11 heteroatoms. The molecular formula is C38H41N7O4. The predicted molar refractivity (Wildman–Crippen MR) is 187 cm³/mol. The number of ether oxygens (including phenoxy) is 2. The van der Waals surface area contributed by atoms with Crippen LogP contribution in [0, 0.1) is 11.3 Å². The van der Waals surface area contributed by atoms with Crippen molar-refractivity contribution in [2.24, 2.45) is 4.99 Å². The second-order valence-electron chi connectivity index (χ2n) is 12.8. The van der Waals surface area contributed by atoms with Crippen molar-refractivity contribution in [1.82, 2.24) is 24.1 Å². The van der Waals surface area contributed by atoms with Gasteiger partial charge in [-0.15, -0.1) is 0 Å². The Labute approximate surface area is 286 Å². The Morgan fingerprint density at radius 2 is 1.80 bits per heavy atom. The number of hydrogen-bond acceptors (Lipinski definition) is 8. The summed E-state index contributed by atoms with van der Waals surface area (Å²) in [5.41, 5.74) is 3.89. The molecule has 3 aliphatic rings. The number of nitrogens with zero attached hydrogens (tertiary/aromatic N) is 7. The number of carbonyl (C=O) groups is 2. The van der Waals surface area contributed by atoms with Crippen LogP contribution < -0.4 is 9.47 Å². The van der Waals surface area contributed by atoms with E-state index in [4.69, 9.17) is 19.7 Å². The number of piperazine rings is 1. The first-order valence-electron chi connectivity index (χ1n) is 17.2. The van der Waals surface area contributed by atoms with E-state index in [1.165, 1.54) is 0 Å². The van der Waals surface area contributed by atoms with Gasteiger partial charge in [-0.05, 0) is 74.7 Å². The van der Waals surface area contributed by atoms with Gasteiger partial charge in [-0.1, -0.05) is 18.9 Å². The number of rotatable bonds is 11. The highest BCUT2D eigenvalue weighted by Crippen LogP contribution is 2.38. The molecule has 3 aliphatic heterocycles. The maximum atomic E-state index is 13.7. The Morgan fingerprint density at radius 1 is 0.980 bits per heavy atom. The van der Waals surface area contributed by atoms with Gasteiger partial charge < -0.3 is 19.3 Å². The van der Waals surface area contributed by atoms with Gasteiger partial charge in [-0.25, -0.2) is 4.98 Å². The fourth-order valence-corrected chi connectivity index (χ4v) is 7.01. The summed E-state index contributed by atoms with van der Waals surface area (Å²) in [5, 5.41) is 9.17. The van der Waals surface area contributed by atoms with Crippen LogP contribution in [-0.4, -0.2) is 101 Å². The van der Waals surface area contributed by atoms with Crippen LogP contribution in [0.25, 0.3) is 16.9 Å². The molecule has 5 heterocycles. The molecule has 252 valence electrons. The molecule has 11 nitrogen and oxygen atoms in total. The summed E-state index contributed by atoms with van der Waals surface area (Å²) in [6, 6.07) is 18.9. The van der Waals surface area contributed by atoms with Gasteiger partial charge in [-0.3, -0.25) is 23.9 Å². The number of amides is 2. The molecule has 0 aliphatic carbocycles. The van der Waals surface area contributed by atoms with Crippen LogP contribution in [0.2, 0.25) is 0 Å². The third-order valence-electron chi connectivity index (χ3n) is 9.77. The third-order valence-corrected chi connectivity index (χ3v) is 9.77. The number of carbonyl (C=O) groups excluding carboxylic acids is 2. The van der Waals surface area contributed by atoms with Gasteiger partial charge >= 0.3 is 0 Å². The van der Waals surface area contributed by atoms with Gasteiger partial charge in [0.2, 0.25) is 0 Å². The zero-order chi connectivity index (χ0) is 33.7. The van der Waals surface area contributed by atoms with Crippen LogP contribution in [0.15, 0.2) is 65.8 Å². The van der Waals surface area contributed by atoms with Gasteiger partial charge in [0.15, 0.2) is 17.2 Å². The summed E-state index contributed by atoms with van der Waals surface area (Å²) in [7, 11) is 1.60. The van der Waals surface area contributed by atoms with Crippen molar-refractivity contribution in [3.05, 3.63) is 77.6 Å². The SMILES string of the molecule is COc1cc2c(cc1OCCCCCCN1CCN(C(=O)c3nc(-c4ccc(C#N)cc4)n4ccccc34)CC1)N=C[C@@H]1CCCN1C2=O. The number of aliphatic imine (C=N–C) groups is 1. The molecule has 0 bridgehead atoms. The number of pyridine rings is 1. The summed E-state index contributed by atoms with van der Waals surface area (Å²) in [6.07, 6.45) is 9.92.